The summed E-state index contributed by atoms with van der Waals surface area (Å²) in [6.07, 6.45) is 0. The van der Waals surface area contributed by atoms with E-state index >= 15 is 0 Å². The van der Waals surface area contributed by atoms with Gasteiger partial charge in [-0.2, -0.15) is 0 Å². The molecule has 0 atom stereocenters. The predicted molar refractivity (Wildman–Crippen MR) is 127 cm³/mol. The standard InChI is InChI=1S/C24H34N4O4/c1-4-31-23-17-20(8-9-22(23)29-3)27-24(25-2)26-18-19-6-5-7-21(16-19)32-15-12-28-10-13-30-14-11-28/h5-9,16-17H,4,10-15,18H2,1-3H3,(H2,25,26,27). The van der Waals surface area contributed by atoms with Gasteiger partial charge in [0.05, 0.1) is 26.9 Å². The first kappa shape index (κ1) is 23.7. The molecular weight excluding hydrogens is 408 g/mol. The van der Waals surface area contributed by atoms with Gasteiger partial charge in [0.1, 0.15) is 12.4 Å². The first-order chi connectivity index (χ1) is 15.7. The van der Waals surface area contributed by atoms with Crippen molar-refractivity contribution in [3.05, 3.63) is 48.0 Å². The molecule has 0 amide bonds. The fourth-order valence-corrected chi connectivity index (χ4v) is 3.39. The highest BCUT2D eigenvalue weighted by Crippen LogP contribution is 2.30. The fraction of sp³-hybridized carbons (Fsp3) is 0.458. The Morgan fingerprint density at radius 3 is 2.69 bits per heavy atom. The summed E-state index contributed by atoms with van der Waals surface area (Å²) in [5, 5.41) is 6.63. The minimum atomic E-state index is 0.567. The number of ether oxygens (including phenoxy) is 4. The molecule has 2 aromatic carbocycles. The van der Waals surface area contributed by atoms with Crippen molar-refractivity contribution in [3.8, 4) is 17.2 Å². The fourth-order valence-electron chi connectivity index (χ4n) is 3.39. The molecule has 174 valence electrons. The van der Waals surface area contributed by atoms with Crippen LogP contribution in [0.2, 0.25) is 0 Å². The average Bonchev–Trinajstić information content (AvgIpc) is 2.83. The lowest BCUT2D eigenvalue weighted by Gasteiger charge is -2.26. The molecule has 3 rings (SSSR count). The molecule has 1 saturated heterocycles. The Morgan fingerprint density at radius 2 is 1.94 bits per heavy atom. The minimum absolute atomic E-state index is 0.567. The van der Waals surface area contributed by atoms with Gasteiger partial charge in [-0.25, -0.2) is 0 Å². The van der Waals surface area contributed by atoms with Crippen LogP contribution in [0.3, 0.4) is 0 Å². The summed E-state index contributed by atoms with van der Waals surface area (Å²) in [5.41, 5.74) is 1.98. The summed E-state index contributed by atoms with van der Waals surface area (Å²) in [4.78, 5) is 6.68. The number of hydrogen-bond acceptors (Lipinski definition) is 6. The molecule has 2 aromatic rings. The van der Waals surface area contributed by atoms with Crippen LogP contribution >= 0.6 is 0 Å². The van der Waals surface area contributed by atoms with Crippen molar-refractivity contribution in [2.45, 2.75) is 13.5 Å². The molecule has 0 radical (unpaired) electrons. The van der Waals surface area contributed by atoms with Crippen LogP contribution in [0.1, 0.15) is 12.5 Å². The van der Waals surface area contributed by atoms with Gasteiger partial charge in [0.25, 0.3) is 0 Å². The molecule has 2 N–H and O–H groups in total. The Morgan fingerprint density at radius 1 is 1.09 bits per heavy atom. The van der Waals surface area contributed by atoms with Crippen molar-refractivity contribution in [1.29, 1.82) is 0 Å². The minimum Gasteiger partial charge on any atom is -0.493 e. The van der Waals surface area contributed by atoms with Crippen LogP contribution in [0, 0.1) is 0 Å². The Balaban J connectivity index is 1.50. The number of anilines is 1. The van der Waals surface area contributed by atoms with Crippen LogP contribution in [0.25, 0.3) is 0 Å². The summed E-state index contributed by atoms with van der Waals surface area (Å²) in [5.74, 6) is 2.93. The molecule has 0 spiro atoms. The number of nitrogens with zero attached hydrogens (tertiary/aromatic N) is 2. The van der Waals surface area contributed by atoms with Gasteiger partial charge >= 0.3 is 0 Å². The topological polar surface area (TPSA) is 76.6 Å². The predicted octanol–water partition coefficient (Wildman–Crippen LogP) is 2.99. The molecule has 8 heteroatoms. The molecular formula is C24H34N4O4. The zero-order valence-corrected chi connectivity index (χ0v) is 19.2. The van der Waals surface area contributed by atoms with E-state index in [4.69, 9.17) is 18.9 Å². The maximum absolute atomic E-state index is 5.95. The highest BCUT2D eigenvalue weighted by molar-refractivity contribution is 5.93. The van der Waals surface area contributed by atoms with Gasteiger partial charge in [-0.05, 0) is 36.8 Å². The van der Waals surface area contributed by atoms with Gasteiger partial charge in [0.2, 0.25) is 0 Å². The van der Waals surface area contributed by atoms with Crippen molar-refractivity contribution in [2.75, 3.05) is 65.5 Å². The molecule has 32 heavy (non-hydrogen) atoms. The lowest BCUT2D eigenvalue weighted by Crippen LogP contribution is -2.38. The van der Waals surface area contributed by atoms with E-state index in [9.17, 15) is 0 Å². The van der Waals surface area contributed by atoms with E-state index in [1.54, 1.807) is 14.2 Å². The second-order valence-electron chi connectivity index (χ2n) is 7.30. The third kappa shape index (κ3) is 7.32. The molecule has 1 aliphatic heterocycles. The Bertz CT molecular complexity index is 869. The molecule has 8 nitrogen and oxygen atoms in total. The molecule has 1 aliphatic rings. The summed E-state index contributed by atoms with van der Waals surface area (Å²) in [6.45, 7) is 8.26. The first-order valence-corrected chi connectivity index (χ1v) is 11.0. The normalized spacial score (nSPS) is 14.7. The van der Waals surface area contributed by atoms with Crippen molar-refractivity contribution < 1.29 is 18.9 Å². The highest BCUT2D eigenvalue weighted by atomic mass is 16.5. The number of methoxy groups -OCH3 is 1. The number of nitrogens with one attached hydrogen (secondary N) is 2. The Kier molecular flexibility index (Phi) is 9.46. The zero-order valence-electron chi connectivity index (χ0n) is 19.2. The van der Waals surface area contributed by atoms with Gasteiger partial charge in [0, 0.05) is 45.0 Å². The van der Waals surface area contributed by atoms with E-state index in [-0.39, 0.29) is 0 Å². The maximum atomic E-state index is 5.95. The van der Waals surface area contributed by atoms with E-state index in [0.29, 0.717) is 37.2 Å². The van der Waals surface area contributed by atoms with Gasteiger partial charge < -0.3 is 29.6 Å². The summed E-state index contributed by atoms with van der Waals surface area (Å²) < 4.78 is 22.3. The van der Waals surface area contributed by atoms with Gasteiger partial charge in [-0.15, -0.1) is 0 Å². The molecule has 0 aromatic heterocycles. The largest absolute Gasteiger partial charge is 0.493 e. The number of aliphatic imine (C=N–C) groups is 1. The SMILES string of the molecule is CCOc1cc(NC(=NC)NCc2cccc(OCCN3CCOCC3)c2)ccc1OC. The number of rotatable bonds is 10. The zero-order chi connectivity index (χ0) is 22.6. The van der Waals surface area contributed by atoms with Crippen LogP contribution in [0.5, 0.6) is 17.2 Å². The van der Waals surface area contributed by atoms with Crippen molar-refractivity contribution in [2.24, 2.45) is 4.99 Å². The van der Waals surface area contributed by atoms with E-state index < -0.39 is 0 Å². The molecule has 1 fully saturated rings. The molecule has 1 heterocycles. The second-order valence-corrected chi connectivity index (χ2v) is 7.30. The van der Waals surface area contributed by atoms with Crippen LogP contribution in [-0.2, 0) is 11.3 Å². The Hall–Kier alpha value is -2.97. The monoisotopic (exact) mass is 442 g/mol. The second kappa shape index (κ2) is 12.8. The summed E-state index contributed by atoms with van der Waals surface area (Å²) in [6, 6.07) is 13.8. The molecule has 0 aliphatic carbocycles. The lowest BCUT2D eigenvalue weighted by molar-refractivity contribution is 0.0322. The average molecular weight is 443 g/mol. The van der Waals surface area contributed by atoms with Crippen molar-refractivity contribution >= 4 is 11.6 Å². The Labute approximate surface area is 190 Å². The molecule has 0 unspecified atom stereocenters. The van der Waals surface area contributed by atoms with Gasteiger partial charge in [-0.3, -0.25) is 9.89 Å². The van der Waals surface area contributed by atoms with E-state index in [2.05, 4.69) is 32.7 Å². The smallest absolute Gasteiger partial charge is 0.195 e. The summed E-state index contributed by atoms with van der Waals surface area (Å²) >= 11 is 0. The van der Waals surface area contributed by atoms with Gasteiger partial charge in [-0.1, -0.05) is 12.1 Å². The highest BCUT2D eigenvalue weighted by Gasteiger charge is 2.10. The van der Waals surface area contributed by atoms with Crippen LogP contribution in [0.15, 0.2) is 47.5 Å². The van der Waals surface area contributed by atoms with Gasteiger partial charge in [0.15, 0.2) is 17.5 Å². The number of morpholine rings is 1. The number of benzene rings is 2. The van der Waals surface area contributed by atoms with Crippen LogP contribution in [0.4, 0.5) is 5.69 Å². The maximum Gasteiger partial charge on any atom is 0.195 e. The first-order valence-electron chi connectivity index (χ1n) is 11.0. The molecule has 0 bridgehead atoms. The third-order valence-electron chi connectivity index (χ3n) is 5.09. The third-order valence-corrected chi connectivity index (χ3v) is 5.09. The van der Waals surface area contributed by atoms with Crippen molar-refractivity contribution in [3.63, 3.8) is 0 Å². The number of hydrogen-bond donors (Lipinski definition) is 2. The van der Waals surface area contributed by atoms with Crippen LogP contribution in [-0.4, -0.2) is 71.1 Å². The van der Waals surface area contributed by atoms with Crippen LogP contribution < -0.4 is 24.8 Å². The summed E-state index contributed by atoms with van der Waals surface area (Å²) in [7, 11) is 3.37. The lowest BCUT2D eigenvalue weighted by atomic mass is 10.2. The number of guanidine groups is 1. The van der Waals surface area contributed by atoms with E-state index in [1.165, 1.54) is 0 Å². The quantitative estimate of drug-likeness (QED) is 0.433. The molecule has 0 saturated carbocycles. The van der Waals surface area contributed by atoms with Crippen molar-refractivity contribution in [1.82, 2.24) is 10.2 Å². The van der Waals surface area contributed by atoms with E-state index in [1.807, 2.05) is 37.3 Å². The van der Waals surface area contributed by atoms with E-state index in [0.717, 1.165) is 49.8 Å².